The van der Waals surface area contributed by atoms with Gasteiger partial charge in [-0.2, -0.15) is 0 Å². The largest absolute Gasteiger partial charge is 0.459 e. The van der Waals surface area contributed by atoms with Gasteiger partial charge in [-0.05, 0) is 0 Å². The van der Waals surface area contributed by atoms with Crippen LogP contribution in [0.2, 0.25) is 0 Å². The number of rotatable bonds is 4. The Morgan fingerprint density at radius 1 is 1.35 bits per heavy atom. The summed E-state index contributed by atoms with van der Waals surface area (Å²) < 4.78 is 5.01. The van der Waals surface area contributed by atoms with Gasteiger partial charge in [-0.25, -0.2) is 4.98 Å². The van der Waals surface area contributed by atoms with Gasteiger partial charge in [0.05, 0.1) is 11.9 Å². The van der Waals surface area contributed by atoms with Crippen molar-refractivity contribution in [3.8, 4) is 10.6 Å². The first-order valence-corrected chi connectivity index (χ1v) is 6.84. The van der Waals surface area contributed by atoms with Crippen LogP contribution in [0, 0.1) is 0 Å². The molecule has 1 aromatic heterocycles. The molecule has 0 aliphatic carbocycles. The lowest BCUT2D eigenvalue weighted by atomic mass is 10.2. The van der Waals surface area contributed by atoms with Gasteiger partial charge in [-0.15, -0.1) is 20.6 Å². The Morgan fingerprint density at radius 3 is 2.82 bits per heavy atom. The summed E-state index contributed by atoms with van der Waals surface area (Å²) in [5, 5.41) is 2.86. The van der Waals surface area contributed by atoms with Crippen LogP contribution in [0.4, 0.5) is 0 Å². The molecule has 1 unspecified atom stereocenters. The highest BCUT2D eigenvalue weighted by Gasteiger charge is 2.06. The number of aromatic nitrogens is 1. The minimum Gasteiger partial charge on any atom is -0.459 e. The lowest BCUT2D eigenvalue weighted by Gasteiger charge is -1.99. The number of thiazole rings is 1. The van der Waals surface area contributed by atoms with Crippen molar-refractivity contribution in [3.63, 3.8) is 0 Å². The Bertz CT molecular complexity index is 498. The van der Waals surface area contributed by atoms with E-state index in [-0.39, 0.29) is 12.6 Å². The molecule has 0 amide bonds. The van der Waals surface area contributed by atoms with Crippen LogP contribution < -0.4 is 0 Å². The van der Waals surface area contributed by atoms with E-state index in [0.29, 0.717) is 6.16 Å². The van der Waals surface area contributed by atoms with Crippen LogP contribution >= 0.6 is 20.6 Å². The molecule has 0 N–H and O–H groups in total. The van der Waals surface area contributed by atoms with Crippen molar-refractivity contribution in [3.05, 3.63) is 41.4 Å². The van der Waals surface area contributed by atoms with Crippen LogP contribution in [0.15, 0.2) is 35.7 Å². The molecule has 0 aliphatic rings. The van der Waals surface area contributed by atoms with E-state index in [9.17, 15) is 4.79 Å². The summed E-state index contributed by atoms with van der Waals surface area (Å²) in [7, 11) is 2.34. The second kappa shape index (κ2) is 5.89. The third-order valence-corrected chi connectivity index (χ3v) is 3.39. The monoisotopic (exact) mass is 265 g/mol. The van der Waals surface area contributed by atoms with Gasteiger partial charge in [0.2, 0.25) is 0 Å². The average molecular weight is 265 g/mol. The van der Waals surface area contributed by atoms with Gasteiger partial charge in [0, 0.05) is 10.9 Å². The number of hydrogen-bond donors (Lipinski definition) is 0. The molecule has 0 fully saturated rings. The molecule has 0 spiro atoms. The van der Waals surface area contributed by atoms with Gasteiger partial charge >= 0.3 is 5.97 Å². The summed E-state index contributed by atoms with van der Waals surface area (Å²) in [5.41, 5.74) is 1.88. The summed E-state index contributed by atoms with van der Waals surface area (Å²) in [6, 6.07) is 9.95. The predicted octanol–water partition coefficient (Wildman–Crippen LogP) is 2.73. The summed E-state index contributed by atoms with van der Waals surface area (Å²) in [6.07, 6.45) is 0.315. The number of hydrogen-bond acceptors (Lipinski definition) is 4. The lowest BCUT2D eigenvalue weighted by molar-refractivity contribution is -0.141. The topological polar surface area (TPSA) is 39.2 Å². The molecule has 0 saturated carbocycles. The number of esters is 1. The Kier molecular flexibility index (Phi) is 4.24. The first-order chi connectivity index (χ1) is 8.29. The quantitative estimate of drug-likeness (QED) is 0.630. The molecule has 0 radical (unpaired) electrons. The zero-order valence-corrected chi connectivity index (χ0v) is 11.1. The molecular weight excluding hydrogens is 253 g/mol. The Morgan fingerprint density at radius 2 is 2.12 bits per heavy atom. The molecule has 5 heteroatoms. The van der Waals surface area contributed by atoms with Crippen molar-refractivity contribution in [1.82, 2.24) is 4.98 Å². The van der Waals surface area contributed by atoms with Crippen LogP contribution in [-0.2, 0) is 16.1 Å². The van der Waals surface area contributed by atoms with Crippen LogP contribution in [0.5, 0.6) is 0 Å². The third kappa shape index (κ3) is 3.35. The molecule has 17 heavy (non-hydrogen) atoms. The van der Waals surface area contributed by atoms with Crippen molar-refractivity contribution >= 4 is 26.5 Å². The fourth-order valence-corrected chi connectivity index (χ4v) is 2.23. The lowest BCUT2D eigenvalue weighted by Crippen LogP contribution is -2.05. The van der Waals surface area contributed by atoms with Gasteiger partial charge in [0.25, 0.3) is 0 Å². The second-order valence-corrected chi connectivity index (χ2v) is 4.64. The van der Waals surface area contributed by atoms with Gasteiger partial charge in [0.15, 0.2) is 0 Å². The zero-order valence-electron chi connectivity index (χ0n) is 9.13. The highest BCUT2D eigenvalue weighted by molar-refractivity contribution is 7.18. The molecular formula is C12H12NO2PS. The summed E-state index contributed by atoms with van der Waals surface area (Å²) in [5.74, 6) is -0.232. The molecule has 2 aromatic rings. The summed E-state index contributed by atoms with van der Waals surface area (Å²) in [4.78, 5) is 15.4. The van der Waals surface area contributed by atoms with Crippen molar-refractivity contribution < 1.29 is 9.53 Å². The Labute approximate surface area is 106 Å². The average Bonchev–Trinajstić information content (AvgIpc) is 2.86. The molecule has 1 atom stereocenters. The van der Waals surface area contributed by atoms with Crippen LogP contribution in [0.25, 0.3) is 10.6 Å². The van der Waals surface area contributed by atoms with Crippen LogP contribution in [0.1, 0.15) is 5.69 Å². The number of ether oxygens (including phenoxy) is 1. The van der Waals surface area contributed by atoms with Crippen LogP contribution in [0.3, 0.4) is 0 Å². The normalized spacial score (nSPS) is 10.2. The number of benzene rings is 1. The molecule has 1 heterocycles. The maximum Gasteiger partial charge on any atom is 0.310 e. The summed E-state index contributed by atoms with van der Waals surface area (Å²) in [6.45, 7) is 0.247. The maximum atomic E-state index is 11.0. The fourth-order valence-electron chi connectivity index (χ4n) is 1.30. The Balaban J connectivity index is 2.04. The second-order valence-electron chi connectivity index (χ2n) is 3.37. The maximum absolute atomic E-state index is 11.0. The highest BCUT2D eigenvalue weighted by Crippen LogP contribution is 2.23. The van der Waals surface area contributed by atoms with E-state index in [1.54, 1.807) is 11.3 Å². The third-order valence-electron chi connectivity index (χ3n) is 2.12. The van der Waals surface area contributed by atoms with Crippen molar-refractivity contribution in [2.75, 3.05) is 6.16 Å². The van der Waals surface area contributed by atoms with Crippen molar-refractivity contribution in [2.24, 2.45) is 0 Å². The molecule has 1 aromatic carbocycles. The molecule has 0 aliphatic heterocycles. The van der Waals surface area contributed by atoms with E-state index < -0.39 is 0 Å². The minimum atomic E-state index is -0.232. The SMILES string of the molecule is O=C(CP)OCc1csc(-c2ccccc2)n1. The smallest absolute Gasteiger partial charge is 0.310 e. The fraction of sp³-hybridized carbons (Fsp3) is 0.167. The van der Waals surface area contributed by atoms with Crippen molar-refractivity contribution in [2.45, 2.75) is 6.61 Å². The number of carbonyl (C=O) groups excluding carboxylic acids is 1. The standard InChI is InChI=1S/C12H12NO2PS/c14-11(7-16)15-6-10-8-17-12(13-10)9-4-2-1-3-5-9/h1-5,8H,6-7,16H2. The van der Waals surface area contributed by atoms with Crippen molar-refractivity contribution in [1.29, 1.82) is 0 Å². The van der Waals surface area contributed by atoms with E-state index in [0.717, 1.165) is 16.3 Å². The van der Waals surface area contributed by atoms with E-state index in [4.69, 9.17) is 4.74 Å². The molecule has 0 bridgehead atoms. The Hall–Kier alpha value is -1.25. The van der Waals surface area contributed by atoms with E-state index >= 15 is 0 Å². The number of carbonyl (C=O) groups is 1. The number of nitrogens with zero attached hydrogens (tertiary/aromatic N) is 1. The zero-order chi connectivity index (χ0) is 12.1. The van der Waals surface area contributed by atoms with Gasteiger partial charge < -0.3 is 4.74 Å². The highest BCUT2D eigenvalue weighted by atomic mass is 32.1. The van der Waals surface area contributed by atoms with E-state index in [2.05, 4.69) is 14.2 Å². The minimum absolute atomic E-state index is 0.232. The van der Waals surface area contributed by atoms with E-state index in [1.165, 1.54) is 0 Å². The van der Waals surface area contributed by atoms with Crippen LogP contribution in [-0.4, -0.2) is 17.1 Å². The van der Waals surface area contributed by atoms with E-state index in [1.807, 2.05) is 35.7 Å². The molecule has 3 nitrogen and oxygen atoms in total. The predicted molar refractivity (Wildman–Crippen MR) is 71.9 cm³/mol. The molecule has 2 rings (SSSR count). The van der Waals surface area contributed by atoms with Gasteiger partial charge in [-0.3, -0.25) is 4.79 Å². The molecule has 0 saturated heterocycles. The first-order valence-electron chi connectivity index (χ1n) is 5.15. The molecule has 88 valence electrons. The van der Waals surface area contributed by atoms with Gasteiger partial charge in [0.1, 0.15) is 11.6 Å². The van der Waals surface area contributed by atoms with Gasteiger partial charge in [-0.1, -0.05) is 30.3 Å². The summed E-state index contributed by atoms with van der Waals surface area (Å²) >= 11 is 1.55. The first kappa shape index (κ1) is 12.2.